The fourth-order valence-electron chi connectivity index (χ4n) is 4.67. The van der Waals surface area contributed by atoms with Crippen LogP contribution in [0.25, 0.3) is 16.9 Å². The topological polar surface area (TPSA) is 43.3 Å². The summed E-state index contributed by atoms with van der Waals surface area (Å²) in [6, 6.07) is 23.3. The lowest BCUT2D eigenvalue weighted by atomic mass is 10.0. The van der Waals surface area contributed by atoms with Crippen molar-refractivity contribution < 1.29 is 13.9 Å². The van der Waals surface area contributed by atoms with Crippen LogP contribution in [0.5, 0.6) is 5.75 Å². The molecule has 184 valence electrons. The Morgan fingerprint density at radius 2 is 1.86 bits per heavy atom. The number of nitrogens with zero attached hydrogens (tertiary/aromatic N) is 1. The number of hydrogen-bond acceptors (Lipinski definition) is 2. The Hall–Kier alpha value is -3.57. The van der Waals surface area contributed by atoms with Crippen LogP contribution >= 0.6 is 11.6 Å². The predicted molar refractivity (Wildman–Crippen MR) is 141 cm³/mol. The zero-order valence-corrected chi connectivity index (χ0v) is 21.1. The lowest BCUT2D eigenvalue weighted by molar-refractivity contribution is -0.121. The van der Waals surface area contributed by atoms with Crippen molar-refractivity contribution in [2.75, 3.05) is 0 Å². The number of halogens is 2. The number of aromatic nitrogens is 1. The molecule has 1 aromatic heterocycles. The zero-order valence-electron chi connectivity index (χ0n) is 20.4. The van der Waals surface area contributed by atoms with Crippen molar-refractivity contribution in [3.8, 4) is 22.7 Å². The maximum absolute atomic E-state index is 14.1. The summed E-state index contributed by atoms with van der Waals surface area (Å²) in [5.74, 6) is 0.715. The molecule has 0 fully saturated rings. The number of para-hydroxylation sites is 1. The third-order valence-electron chi connectivity index (χ3n) is 6.63. The molecule has 4 nitrogen and oxygen atoms in total. The quantitative estimate of drug-likeness (QED) is 0.290. The molecule has 1 amide bonds. The summed E-state index contributed by atoms with van der Waals surface area (Å²) in [5.41, 5.74) is 6.87. The fraction of sp³-hybridized carbons (Fsp3) is 0.233. The second-order valence-corrected chi connectivity index (χ2v) is 9.76. The highest BCUT2D eigenvalue weighted by Gasteiger charge is 2.25. The van der Waals surface area contributed by atoms with Gasteiger partial charge >= 0.3 is 0 Å². The van der Waals surface area contributed by atoms with E-state index in [9.17, 15) is 9.18 Å². The second-order valence-electron chi connectivity index (χ2n) is 9.35. The van der Waals surface area contributed by atoms with Crippen molar-refractivity contribution in [3.63, 3.8) is 0 Å². The molecule has 0 saturated heterocycles. The summed E-state index contributed by atoms with van der Waals surface area (Å²) in [6.45, 7) is 4.89. The Bertz CT molecular complexity index is 1390. The highest BCUT2D eigenvalue weighted by molar-refractivity contribution is 6.31. The Morgan fingerprint density at radius 3 is 2.61 bits per heavy atom. The third-order valence-corrected chi connectivity index (χ3v) is 6.99. The van der Waals surface area contributed by atoms with E-state index in [4.69, 9.17) is 16.3 Å². The van der Waals surface area contributed by atoms with E-state index < -0.39 is 5.82 Å². The van der Waals surface area contributed by atoms with Crippen LogP contribution in [-0.2, 0) is 24.4 Å². The molecule has 1 N–H and O–H groups in total. The molecule has 0 bridgehead atoms. The van der Waals surface area contributed by atoms with Gasteiger partial charge in [0.1, 0.15) is 18.2 Å². The number of carbonyl (C=O) groups is 1. The van der Waals surface area contributed by atoms with Crippen LogP contribution in [-0.4, -0.2) is 10.5 Å². The van der Waals surface area contributed by atoms with E-state index in [1.54, 1.807) is 12.1 Å². The molecule has 36 heavy (non-hydrogen) atoms. The number of nitrogens with one attached hydrogen (secondary N) is 1. The zero-order chi connectivity index (χ0) is 25.2. The summed E-state index contributed by atoms with van der Waals surface area (Å²) in [5, 5.41) is 3.12. The summed E-state index contributed by atoms with van der Waals surface area (Å²) >= 11 is 6.10. The number of fused-ring (bicyclic) bond motifs is 3. The van der Waals surface area contributed by atoms with Crippen molar-refractivity contribution >= 4 is 17.5 Å². The number of benzene rings is 3. The number of ether oxygens (including phenoxy) is 1. The molecule has 5 rings (SSSR count). The minimum absolute atomic E-state index is 0.0553. The molecule has 3 aromatic carbocycles. The number of rotatable bonds is 7. The third kappa shape index (κ3) is 4.76. The van der Waals surface area contributed by atoms with E-state index in [-0.39, 0.29) is 18.9 Å². The lowest BCUT2D eigenvalue weighted by Gasteiger charge is -2.21. The molecule has 0 saturated carbocycles. The summed E-state index contributed by atoms with van der Waals surface area (Å²) in [7, 11) is 0. The highest BCUT2D eigenvalue weighted by atomic mass is 35.5. The molecule has 0 atom stereocenters. The minimum atomic E-state index is -0.423. The molecule has 0 aliphatic carbocycles. The van der Waals surface area contributed by atoms with E-state index in [1.165, 1.54) is 11.6 Å². The fourth-order valence-corrected chi connectivity index (χ4v) is 4.90. The largest absolute Gasteiger partial charge is 0.488 e. The van der Waals surface area contributed by atoms with Gasteiger partial charge in [-0.15, -0.1) is 0 Å². The van der Waals surface area contributed by atoms with Crippen molar-refractivity contribution in [2.45, 2.75) is 45.8 Å². The highest BCUT2D eigenvalue weighted by Crippen LogP contribution is 2.41. The monoisotopic (exact) mass is 502 g/mol. The van der Waals surface area contributed by atoms with E-state index in [1.807, 2.05) is 18.2 Å². The molecule has 1 aliphatic heterocycles. The van der Waals surface area contributed by atoms with Crippen LogP contribution in [0.15, 0.2) is 72.8 Å². The van der Waals surface area contributed by atoms with Crippen LogP contribution in [0, 0.1) is 5.82 Å². The van der Waals surface area contributed by atoms with Crippen molar-refractivity contribution in [1.82, 2.24) is 9.88 Å². The predicted octanol–water partition coefficient (Wildman–Crippen LogP) is 7.20. The Balaban J connectivity index is 1.43. The van der Waals surface area contributed by atoms with Crippen LogP contribution < -0.4 is 10.1 Å². The normalized spacial score (nSPS) is 12.1. The lowest BCUT2D eigenvalue weighted by Crippen LogP contribution is -2.24. The molecule has 2 heterocycles. The first kappa shape index (κ1) is 24.1. The number of hydrogen-bond donors (Lipinski definition) is 1. The van der Waals surface area contributed by atoms with Gasteiger partial charge in [0.2, 0.25) is 5.91 Å². The van der Waals surface area contributed by atoms with Gasteiger partial charge in [-0.2, -0.15) is 0 Å². The van der Waals surface area contributed by atoms with Gasteiger partial charge in [-0.25, -0.2) is 4.39 Å². The second kappa shape index (κ2) is 10.2. The first-order chi connectivity index (χ1) is 17.4. The molecule has 0 radical (unpaired) electrons. The van der Waals surface area contributed by atoms with Gasteiger partial charge in [0.15, 0.2) is 0 Å². The Morgan fingerprint density at radius 1 is 1.08 bits per heavy atom. The van der Waals surface area contributed by atoms with Crippen molar-refractivity contribution in [2.24, 2.45) is 0 Å². The standard InChI is InChI=1S/C30H28ClFN2O2/c1-19(2)20-10-12-22(13-11-20)34-23(16-21-18-36-28-9-4-3-6-24(28)30(21)34)14-15-29(35)33-17-25-26(31)7-5-8-27(25)32/h3-13,16,19H,14-15,17-18H2,1-2H3,(H,33,35). The first-order valence-corrected chi connectivity index (χ1v) is 12.6. The number of aryl methyl sites for hydroxylation is 1. The van der Waals surface area contributed by atoms with Gasteiger partial charge in [-0.3, -0.25) is 4.79 Å². The van der Waals surface area contributed by atoms with Crippen molar-refractivity contribution in [3.05, 3.63) is 106 Å². The summed E-state index contributed by atoms with van der Waals surface area (Å²) < 4.78 is 22.3. The van der Waals surface area contributed by atoms with Crippen molar-refractivity contribution in [1.29, 1.82) is 0 Å². The van der Waals surface area contributed by atoms with Gasteiger partial charge in [-0.1, -0.05) is 55.8 Å². The number of amides is 1. The maximum atomic E-state index is 14.1. The Kier molecular flexibility index (Phi) is 6.84. The number of carbonyl (C=O) groups excluding carboxylic acids is 1. The molecular formula is C30H28ClFN2O2. The SMILES string of the molecule is CC(C)c1ccc(-n2c(CCC(=O)NCc3c(F)cccc3Cl)cc3c2-c2ccccc2OC3)cc1. The van der Waals surface area contributed by atoms with Gasteiger partial charge in [0, 0.05) is 46.1 Å². The average Bonchev–Trinajstić information content (AvgIpc) is 3.26. The smallest absolute Gasteiger partial charge is 0.220 e. The van der Waals surface area contributed by atoms with E-state index in [2.05, 4.69) is 60.1 Å². The van der Waals surface area contributed by atoms with Crippen LogP contribution in [0.4, 0.5) is 4.39 Å². The molecular weight excluding hydrogens is 475 g/mol. The molecule has 0 unspecified atom stereocenters. The van der Waals surface area contributed by atoms with E-state index >= 15 is 0 Å². The van der Waals surface area contributed by atoms with Gasteiger partial charge in [0.25, 0.3) is 0 Å². The summed E-state index contributed by atoms with van der Waals surface area (Å²) in [4.78, 5) is 12.7. The first-order valence-electron chi connectivity index (χ1n) is 12.2. The van der Waals surface area contributed by atoms with E-state index in [0.717, 1.165) is 34.0 Å². The van der Waals surface area contributed by atoms with Gasteiger partial charge < -0.3 is 14.6 Å². The van der Waals surface area contributed by atoms with Crippen LogP contribution in [0.1, 0.15) is 48.6 Å². The van der Waals surface area contributed by atoms with Gasteiger partial charge in [0.05, 0.1) is 5.69 Å². The van der Waals surface area contributed by atoms with Gasteiger partial charge in [-0.05, 0) is 60.4 Å². The Labute approximate surface area is 215 Å². The molecule has 0 spiro atoms. The summed E-state index contributed by atoms with van der Waals surface area (Å²) in [6.07, 6.45) is 0.791. The molecule has 4 aromatic rings. The maximum Gasteiger partial charge on any atom is 0.220 e. The minimum Gasteiger partial charge on any atom is -0.488 e. The molecule has 6 heteroatoms. The van der Waals surface area contributed by atoms with E-state index in [0.29, 0.717) is 29.5 Å². The van der Waals surface area contributed by atoms with Crippen LogP contribution in [0.2, 0.25) is 5.02 Å². The average molecular weight is 503 g/mol. The van der Waals surface area contributed by atoms with Crippen LogP contribution in [0.3, 0.4) is 0 Å². The molecule has 1 aliphatic rings.